The first kappa shape index (κ1) is 19.5. The van der Waals surface area contributed by atoms with Gasteiger partial charge in [0.25, 0.3) is 0 Å². The Morgan fingerprint density at radius 2 is 1.96 bits per heavy atom. The second-order valence-corrected chi connectivity index (χ2v) is 8.16. The summed E-state index contributed by atoms with van der Waals surface area (Å²) in [5, 5.41) is 0. The molecule has 5 nitrogen and oxygen atoms in total. The van der Waals surface area contributed by atoms with Gasteiger partial charge in [0.05, 0.1) is 6.26 Å². The van der Waals surface area contributed by atoms with E-state index in [0.717, 1.165) is 22.5 Å². The lowest BCUT2D eigenvalue weighted by molar-refractivity contribution is -0.163. The average Bonchev–Trinajstić information content (AvgIpc) is 2.92. The van der Waals surface area contributed by atoms with Crippen molar-refractivity contribution < 1.29 is 23.5 Å². The van der Waals surface area contributed by atoms with Crippen LogP contribution < -0.4 is 0 Å². The van der Waals surface area contributed by atoms with Crippen LogP contribution in [0.5, 0.6) is 0 Å². The number of furan rings is 1. The third-order valence-corrected chi connectivity index (χ3v) is 6.01. The highest BCUT2D eigenvalue weighted by atomic mass is 16.6. The van der Waals surface area contributed by atoms with Gasteiger partial charge >= 0.3 is 11.9 Å². The van der Waals surface area contributed by atoms with E-state index >= 15 is 0 Å². The highest BCUT2D eigenvalue weighted by molar-refractivity contribution is 5.83. The molecule has 0 aliphatic heterocycles. The monoisotopic (exact) mass is 372 g/mol. The van der Waals surface area contributed by atoms with Gasteiger partial charge in [-0.2, -0.15) is 0 Å². The lowest BCUT2D eigenvalue weighted by atomic mass is 9.58. The summed E-state index contributed by atoms with van der Waals surface area (Å²) in [7, 11) is 0. The Labute approximate surface area is 160 Å². The molecular formula is C22H28O5. The third kappa shape index (κ3) is 3.35. The summed E-state index contributed by atoms with van der Waals surface area (Å²) in [5.41, 5.74) is 3.51. The van der Waals surface area contributed by atoms with Gasteiger partial charge in [0, 0.05) is 42.7 Å². The zero-order valence-electron chi connectivity index (χ0n) is 16.9. The molecule has 27 heavy (non-hydrogen) atoms. The Hall–Kier alpha value is -2.30. The second-order valence-electron chi connectivity index (χ2n) is 8.16. The molecule has 0 saturated heterocycles. The van der Waals surface area contributed by atoms with E-state index < -0.39 is 11.5 Å². The molecule has 0 amide bonds. The van der Waals surface area contributed by atoms with Gasteiger partial charge in [0.15, 0.2) is 0 Å². The van der Waals surface area contributed by atoms with Gasteiger partial charge in [-0.05, 0) is 26.3 Å². The average molecular weight is 372 g/mol. The second kappa shape index (κ2) is 7.02. The van der Waals surface area contributed by atoms with Gasteiger partial charge in [0.1, 0.15) is 18.0 Å². The number of hydrogen-bond donors (Lipinski definition) is 0. The van der Waals surface area contributed by atoms with Crippen LogP contribution in [-0.2, 0) is 25.5 Å². The molecule has 0 bridgehead atoms. The van der Waals surface area contributed by atoms with Crippen LogP contribution in [0.3, 0.4) is 0 Å². The standard InChI is InChI=1S/C22H28O5/c1-12(2)9-19(24)27-21-20-13(3)11-25-18(20)10-16-7-8-17(26-15(5)23)14(4)22(16,21)6/h7,9,11,14,17,21H,8,10H2,1-6H3/t14-,17-,21+,22+/m0/s1. The van der Waals surface area contributed by atoms with Gasteiger partial charge in [-0.25, -0.2) is 4.79 Å². The van der Waals surface area contributed by atoms with Crippen molar-refractivity contribution in [3.05, 3.63) is 46.4 Å². The molecule has 1 heterocycles. The van der Waals surface area contributed by atoms with Gasteiger partial charge in [0.2, 0.25) is 0 Å². The highest BCUT2D eigenvalue weighted by Gasteiger charge is 2.54. The Bertz CT molecular complexity index is 824. The minimum atomic E-state index is -0.484. The van der Waals surface area contributed by atoms with Crippen molar-refractivity contribution in [2.45, 2.75) is 66.6 Å². The number of carbonyl (C=O) groups excluding carboxylic acids is 2. The van der Waals surface area contributed by atoms with E-state index in [1.807, 2.05) is 20.8 Å². The van der Waals surface area contributed by atoms with Crippen LogP contribution >= 0.6 is 0 Å². The fourth-order valence-corrected chi connectivity index (χ4v) is 4.43. The van der Waals surface area contributed by atoms with Crippen LogP contribution in [0.2, 0.25) is 0 Å². The molecule has 5 heteroatoms. The topological polar surface area (TPSA) is 65.7 Å². The van der Waals surface area contributed by atoms with Crippen LogP contribution in [-0.4, -0.2) is 18.0 Å². The predicted molar refractivity (Wildman–Crippen MR) is 101 cm³/mol. The fourth-order valence-electron chi connectivity index (χ4n) is 4.43. The van der Waals surface area contributed by atoms with Crippen molar-refractivity contribution in [2.75, 3.05) is 0 Å². The normalized spacial score (nSPS) is 29.1. The number of allylic oxidation sites excluding steroid dienone is 1. The van der Waals surface area contributed by atoms with Crippen molar-refractivity contribution in [2.24, 2.45) is 11.3 Å². The first-order valence-electron chi connectivity index (χ1n) is 9.43. The van der Waals surface area contributed by atoms with Gasteiger partial charge < -0.3 is 13.9 Å². The molecule has 1 aromatic rings. The van der Waals surface area contributed by atoms with E-state index in [-0.39, 0.29) is 24.0 Å². The molecule has 4 atom stereocenters. The van der Waals surface area contributed by atoms with E-state index in [1.54, 1.807) is 6.26 Å². The van der Waals surface area contributed by atoms with Crippen LogP contribution in [0.25, 0.3) is 0 Å². The molecule has 2 aliphatic carbocycles. The smallest absolute Gasteiger partial charge is 0.331 e. The number of fused-ring (bicyclic) bond motifs is 2. The van der Waals surface area contributed by atoms with Crippen LogP contribution in [0.1, 0.15) is 64.0 Å². The number of ether oxygens (including phenoxy) is 2. The molecule has 0 radical (unpaired) electrons. The molecule has 0 saturated carbocycles. The maximum Gasteiger partial charge on any atom is 0.331 e. The number of carbonyl (C=O) groups is 2. The van der Waals surface area contributed by atoms with Crippen molar-refractivity contribution >= 4 is 11.9 Å². The van der Waals surface area contributed by atoms with E-state index in [1.165, 1.54) is 18.6 Å². The molecule has 3 rings (SSSR count). The van der Waals surface area contributed by atoms with Crippen molar-refractivity contribution in [3.8, 4) is 0 Å². The van der Waals surface area contributed by atoms with Crippen LogP contribution in [0.4, 0.5) is 0 Å². The fraction of sp³-hybridized carbons (Fsp3) is 0.545. The van der Waals surface area contributed by atoms with Crippen molar-refractivity contribution in [1.29, 1.82) is 0 Å². The number of aryl methyl sites for hydroxylation is 1. The molecule has 1 aromatic heterocycles. The molecule has 0 unspecified atom stereocenters. The van der Waals surface area contributed by atoms with E-state index in [9.17, 15) is 9.59 Å². The van der Waals surface area contributed by atoms with Gasteiger partial charge in [-0.1, -0.05) is 31.1 Å². The summed E-state index contributed by atoms with van der Waals surface area (Å²) in [6.45, 7) is 11.3. The molecule has 2 aliphatic rings. The lowest BCUT2D eigenvalue weighted by Crippen LogP contribution is -2.48. The predicted octanol–water partition coefficient (Wildman–Crippen LogP) is 4.60. The summed E-state index contributed by atoms with van der Waals surface area (Å²) in [6.07, 6.45) is 5.98. The van der Waals surface area contributed by atoms with Crippen molar-refractivity contribution in [1.82, 2.24) is 0 Å². The lowest BCUT2D eigenvalue weighted by Gasteiger charge is -2.50. The Kier molecular flexibility index (Phi) is 5.06. The molecule has 146 valence electrons. The summed E-state index contributed by atoms with van der Waals surface area (Å²) in [5.74, 6) is 0.190. The molecule has 0 spiro atoms. The Morgan fingerprint density at radius 3 is 2.59 bits per heavy atom. The van der Waals surface area contributed by atoms with Crippen LogP contribution in [0, 0.1) is 18.3 Å². The minimum Gasteiger partial charge on any atom is -0.468 e. The zero-order chi connectivity index (χ0) is 19.9. The minimum absolute atomic E-state index is 0.00615. The molecule has 0 aromatic carbocycles. The molecule has 0 N–H and O–H groups in total. The zero-order valence-corrected chi connectivity index (χ0v) is 16.9. The number of hydrogen-bond acceptors (Lipinski definition) is 5. The third-order valence-electron chi connectivity index (χ3n) is 6.01. The summed E-state index contributed by atoms with van der Waals surface area (Å²) in [6, 6.07) is 0. The molecular weight excluding hydrogens is 344 g/mol. The summed E-state index contributed by atoms with van der Waals surface area (Å²) in [4.78, 5) is 24.1. The largest absolute Gasteiger partial charge is 0.468 e. The SMILES string of the molecule is CC(=O)O[C@H]1CC=C2Cc3occ(C)c3[C@@H](OC(=O)C=C(C)C)[C@]2(C)[C@H]1C. The van der Waals surface area contributed by atoms with Crippen LogP contribution in [0.15, 0.2) is 34.0 Å². The first-order chi connectivity index (χ1) is 12.6. The number of rotatable bonds is 3. The quantitative estimate of drug-likeness (QED) is 0.441. The van der Waals surface area contributed by atoms with E-state index in [4.69, 9.17) is 13.9 Å². The highest BCUT2D eigenvalue weighted by Crippen LogP contribution is 2.58. The Morgan fingerprint density at radius 1 is 1.26 bits per heavy atom. The van der Waals surface area contributed by atoms with Crippen molar-refractivity contribution in [3.63, 3.8) is 0 Å². The van der Waals surface area contributed by atoms with E-state index in [0.29, 0.717) is 12.8 Å². The maximum absolute atomic E-state index is 12.5. The summed E-state index contributed by atoms with van der Waals surface area (Å²) < 4.78 is 17.4. The van der Waals surface area contributed by atoms with Gasteiger partial charge in [-0.15, -0.1) is 0 Å². The number of esters is 2. The maximum atomic E-state index is 12.5. The first-order valence-corrected chi connectivity index (χ1v) is 9.43. The Balaban J connectivity index is 2.08. The van der Waals surface area contributed by atoms with E-state index in [2.05, 4.69) is 19.9 Å². The van der Waals surface area contributed by atoms with Gasteiger partial charge in [-0.3, -0.25) is 4.79 Å². The summed E-state index contributed by atoms with van der Waals surface area (Å²) >= 11 is 0. The molecule has 0 fully saturated rings.